The third kappa shape index (κ3) is 10.9. The van der Waals surface area contributed by atoms with E-state index in [4.69, 9.17) is 10.2 Å². The number of aliphatic hydroxyl groups is 12. The molecule has 0 rings (SSSR count). The third-order valence-corrected chi connectivity index (χ3v) is 5.18. The van der Waals surface area contributed by atoms with E-state index in [1.165, 1.54) is 0 Å². The molecule has 0 bridgehead atoms. The minimum atomic E-state index is -2.55. The molecule has 15 heteroatoms. The van der Waals surface area contributed by atoms with Crippen LogP contribution in [0.2, 0.25) is 0 Å². The van der Waals surface area contributed by atoms with Crippen molar-refractivity contribution in [2.45, 2.75) is 99.2 Å². The van der Waals surface area contributed by atoms with Gasteiger partial charge in [0.25, 0.3) is 0 Å². The number of rotatable bonds is 17. The summed E-state index contributed by atoms with van der Waals surface area (Å²) in [5, 5.41) is 125. The first-order valence-electron chi connectivity index (χ1n) is 10.1. The van der Waals surface area contributed by atoms with Crippen LogP contribution in [-0.2, 0) is 4.79 Å². The van der Waals surface area contributed by atoms with Gasteiger partial charge in [0.15, 0.2) is 6.10 Å². The van der Waals surface area contributed by atoms with E-state index in [-0.39, 0.29) is 38.9 Å². The van der Waals surface area contributed by atoms with Crippen molar-refractivity contribution < 1.29 is 74.0 Å². The summed E-state index contributed by atoms with van der Waals surface area (Å²) in [5.41, 5.74) is 0. The Balaban J connectivity index is -0.00000160. The zero-order chi connectivity index (χ0) is 25.2. The molecule has 0 amide bonds. The molecule has 0 aliphatic heterocycles. The SMILES string of the molecule is O=C(O)C(O)C(O)C(O)C(O)C(O)C(O)C(O)C(O)C(O)C(O)C(O)CCCCCCO.[H-].[H-].[Mg+2]. The Morgan fingerprint density at radius 2 is 0.879 bits per heavy atom. The van der Waals surface area contributed by atoms with Gasteiger partial charge >= 0.3 is 29.0 Å². The molecule has 0 heterocycles. The first-order chi connectivity index (χ1) is 14.8. The molecular weight excluding hydrogens is 464 g/mol. The number of aliphatic hydroxyl groups excluding tert-OH is 12. The largest absolute Gasteiger partial charge is 2.00 e. The van der Waals surface area contributed by atoms with Gasteiger partial charge in [-0.25, -0.2) is 4.79 Å². The number of carboxylic acid groups (broad SMARTS) is 1. The fourth-order valence-electron chi connectivity index (χ4n) is 2.96. The van der Waals surface area contributed by atoms with Gasteiger partial charge < -0.3 is 69.2 Å². The molecule has 13 N–H and O–H groups in total. The number of hydrogen-bond donors (Lipinski definition) is 13. The van der Waals surface area contributed by atoms with Crippen molar-refractivity contribution in [1.82, 2.24) is 0 Å². The van der Waals surface area contributed by atoms with Gasteiger partial charge in [0.2, 0.25) is 0 Å². The Hall–Kier alpha value is -0.244. The average Bonchev–Trinajstić information content (AvgIpc) is 2.78. The van der Waals surface area contributed by atoms with E-state index in [9.17, 15) is 61.0 Å². The first-order valence-corrected chi connectivity index (χ1v) is 10.1. The van der Waals surface area contributed by atoms with Crippen LogP contribution in [0, 0.1) is 0 Å². The van der Waals surface area contributed by atoms with Gasteiger partial charge in [0, 0.05) is 6.61 Å². The standard InChI is InChI=1S/C18H36O14.Mg.2H/c19-6-4-2-1-3-5-7(20)8(21)9(22)10(23)11(24)12(25)13(26)14(27)15(28)16(29)17(30)18(31)32;;;/h7-17,19-30H,1-6H2,(H,31,32);;;/q;+2;2*-1. The maximum absolute atomic E-state index is 10.6. The average molecular weight is 503 g/mol. The van der Waals surface area contributed by atoms with Gasteiger partial charge in [-0.1, -0.05) is 19.3 Å². The Morgan fingerprint density at radius 3 is 1.24 bits per heavy atom. The fraction of sp³-hybridized carbons (Fsp3) is 0.944. The Labute approximate surface area is 209 Å². The molecule has 0 aromatic heterocycles. The minimum Gasteiger partial charge on any atom is -1.00 e. The molecule has 11 unspecified atom stereocenters. The van der Waals surface area contributed by atoms with Crippen LogP contribution in [0.5, 0.6) is 0 Å². The third-order valence-electron chi connectivity index (χ3n) is 5.18. The van der Waals surface area contributed by atoms with Crippen molar-refractivity contribution in [2.24, 2.45) is 0 Å². The second kappa shape index (κ2) is 17.2. The van der Waals surface area contributed by atoms with E-state index in [1.54, 1.807) is 0 Å². The molecule has 0 radical (unpaired) electrons. The second-order valence-corrected chi connectivity index (χ2v) is 7.69. The molecule has 196 valence electrons. The van der Waals surface area contributed by atoms with Gasteiger partial charge in [-0.05, 0) is 12.8 Å². The molecule has 0 saturated carbocycles. The van der Waals surface area contributed by atoms with Crippen LogP contribution in [0.3, 0.4) is 0 Å². The molecule has 0 aliphatic rings. The van der Waals surface area contributed by atoms with E-state index in [1.807, 2.05) is 0 Å². The Morgan fingerprint density at radius 1 is 0.545 bits per heavy atom. The van der Waals surface area contributed by atoms with Crippen molar-refractivity contribution in [3.8, 4) is 0 Å². The summed E-state index contributed by atoms with van der Waals surface area (Å²) in [6.45, 7) is 0.00692. The smallest absolute Gasteiger partial charge is 1.00 e. The summed E-state index contributed by atoms with van der Waals surface area (Å²) in [6.07, 6.45) is -23.3. The molecular formula is C18H38MgO14. The zero-order valence-corrected chi connectivity index (χ0v) is 19.4. The summed E-state index contributed by atoms with van der Waals surface area (Å²) < 4.78 is 0. The summed E-state index contributed by atoms with van der Waals surface area (Å²) in [4.78, 5) is 10.6. The van der Waals surface area contributed by atoms with Gasteiger partial charge in [-0.3, -0.25) is 0 Å². The summed E-state index contributed by atoms with van der Waals surface area (Å²) >= 11 is 0. The van der Waals surface area contributed by atoms with Crippen LogP contribution in [0.15, 0.2) is 0 Å². The second-order valence-electron chi connectivity index (χ2n) is 7.69. The molecule has 14 nitrogen and oxygen atoms in total. The molecule has 0 spiro atoms. The van der Waals surface area contributed by atoms with Crippen molar-refractivity contribution in [1.29, 1.82) is 0 Å². The van der Waals surface area contributed by atoms with Crippen molar-refractivity contribution in [3.05, 3.63) is 0 Å². The van der Waals surface area contributed by atoms with Crippen LogP contribution >= 0.6 is 0 Å². The maximum Gasteiger partial charge on any atom is 2.00 e. The van der Waals surface area contributed by atoms with Crippen molar-refractivity contribution in [2.75, 3.05) is 6.61 Å². The van der Waals surface area contributed by atoms with E-state index >= 15 is 0 Å². The van der Waals surface area contributed by atoms with Crippen LogP contribution in [-0.4, -0.2) is 169 Å². The van der Waals surface area contributed by atoms with Crippen LogP contribution in [0.4, 0.5) is 0 Å². The van der Waals surface area contributed by atoms with Crippen LogP contribution < -0.4 is 0 Å². The number of carboxylic acids is 1. The first kappa shape index (κ1) is 34.9. The van der Waals surface area contributed by atoms with E-state index in [0.29, 0.717) is 25.7 Å². The van der Waals surface area contributed by atoms with Crippen LogP contribution in [0.25, 0.3) is 0 Å². The molecule has 0 saturated heterocycles. The summed E-state index contributed by atoms with van der Waals surface area (Å²) in [7, 11) is 0. The van der Waals surface area contributed by atoms with Gasteiger partial charge in [0.05, 0.1) is 6.10 Å². The molecule has 11 atom stereocenters. The summed E-state index contributed by atoms with van der Waals surface area (Å²) in [5.74, 6) is -1.96. The maximum atomic E-state index is 10.6. The molecule has 33 heavy (non-hydrogen) atoms. The van der Waals surface area contributed by atoms with E-state index in [2.05, 4.69) is 0 Å². The normalized spacial score (nSPS) is 21.9. The number of unbranched alkanes of at least 4 members (excludes halogenated alkanes) is 3. The van der Waals surface area contributed by atoms with Crippen LogP contribution in [0.1, 0.15) is 35.0 Å². The minimum absolute atomic E-state index is 0. The topological polar surface area (TPSA) is 280 Å². The van der Waals surface area contributed by atoms with E-state index < -0.39 is 73.1 Å². The zero-order valence-electron chi connectivity index (χ0n) is 20.0. The van der Waals surface area contributed by atoms with Crippen molar-refractivity contribution >= 4 is 29.0 Å². The number of aliphatic carboxylic acids is 1. The Bertz CT molecular complexity index is 539. The monoisotopic (exact) mass is 502 g/mol. The molecule has 0 fully saturated rings. The fourth-order valence-corrected chi connectivity index (χ4v) is 2.96. The molecule has 0 aromatic rings. The number of hydrogen-bond acceptors (Lipinski definition) is 13. The van der Waals surface area contributed by atoms with Gasteiger partial charge in [-0.15, -0.1) is 0 Å². The quantitative estimate of drug-likeness (QED) is 0.0650. The van der Waals surface area contributed by atoms with Gasteiger partial charge in [-0.2, -0.15) is 0 Å². The predicted octanol–water partition coefficient (Wildman–Crippen LogP) is -6.17. The van der Waals surface area contributed by atoms with Gasteiger partial charge in [0.1, 0.15) is 54.9 Å². The Kier molecular flexibility index (Phi) is 18.2. The number of carbonyl (C=O) groups is 1. The van der Waals surface area contributed by atoms with E-state index in [0.717, 1.165) is 0 Å². The summed E-state index contributed by atoms with van der Waals surface area (Å²) in [6, 6.07) is 0. The van der Waals surface area contributed by atoms with Crippen molar-refractivity contribution in [3.63, 3.8) is 0 Å². The molecule has 0 aliphatic carbocycles. The molecule has 0 aromatic carbocycles. The predicted molar refractivity (Wildman–Crippen MR) is 112 cm³/mol.